The van der Waals surface area contributed by atoms with Crippen molar-refractivity contribution in [2.45, 2.75) is 18.1 Å². The highest BCUT2D eigenvalue weighted by Crippen LogP contribution is 2.35. The molecule has 170 valence electrons. The number of hydrogen-bond acceptors (Lipinski definition) is 8. The molecule has 1 aromatic carbocycles. The molecule has 33 heavy (non-hydrogen) atoms. The van der Waals surface area contributed by atoms with Crippen LogP contribution in [0.2, 0.25) is 0 Å². The van der Waals surface area contributed by atoms with Crippen LogP contribution in [0.25, 0.3) is 0 Å². The average molecular weight is 499 g/mol. The predicted octanol–water partition coefficient (Wildman–Crippen LogP) is 4.63. The van der Waals surface area contributed by atoms with Crippen molar-refractivity contribution < 1.29 is 14.3 Å². The standard InChI is InChI=1S/C23H22N4O3S3/c1-26-21(13-17-4-2-10-31-17)24-25-23(26)33-15-22(28)27(14-18-5-3-11-32-18)16-6-7-19-20(12-16)30-9-8-29-19/h2-7,10-12H,8-9,13-15H2,1H3. The van der Waals surface area contributed by atoms with Gasteiger partial charge in [0.25, 0.3) is 0 Å². The van der Waals surface area contributed by atoms with E-state index in [0.717, 1.165) is 28.0 Å². The summed E-state index contributed by atoms with van der Waals surface area (Å²) in [6, 6.07) is 13.8. The lowest BCUT2D eigenvalue weighted by atomic mass is 10.2. The van der Waals surface area contributed by atoms with Gasteiger partial charge in [0, 0.05) is 35.0 Å². The molecular formula is C23H22N4O3S3. The fraction of sp³-hybridized carbons (Fsp3) is 0.261. The van der Waals surface area contributed by atoms with E-state index >= 15 is 0 Å². The topological polar surface area (TPSA) is 69.5 Å². The second-order valence-electron chi connectivity index (χ2n) is 7.39. The molecule has 0 saturated carbocycles. The number of amides is 1. The van der Waals surface area contributed by atoms with Crippen LogP contribution in [0.3, 0.4) is 0 Å². The van der Waals surface area contributed by atoms with Crippen molar-refractivity contribution in [1.82, 2.24) is 14.8 Å². The SMILES string of the molecule is Cn1c(Cc2cccs2)nnc1SCC(=O)N(Cc1cccs1)c1ccc2c(c1)OCCO2. The second kappa shape index (κ2) is 9.98. The summed E-state index contributed by atoms with van der Waals surface area (Å²) in [7, 11) is 1.94. The Hall–Kier alpha value is -2.82. The van der Waals surface area contributed by atoms with Gasteiger partial charge in [-0.1, -0.05) is 23.9 Å². The largest absolute Gasteiger partial charge is 0.486 e. The fourth-order valence-electron chi connectivity index (χ4n) is 3.48. The molecule has 0 bridgehead atoms. The maximum Gasteiger partial charge on any atom is 0.237 e. The van der Waals surface area contributed by atoms with Crippen LogP contribution in [-0.4, -0.2) is 39.6 Å². The van der Waals surface area contributed by atoms with Gasteiger partial charge in [-0.05, 0) is 35.0 Å². The van der Waals surface area contributed by atoms with Gasteiger partial charge in [-0.25, -0.2) is 0 Å². The number of fused-ring (bicyclic) bond motifs is 1. The number of hydrogen-bond donors (Lipinski definition) is 0. The van der Waals surface area contributed by atoms with Crippen LogP contribution < -0.4 is 14.4 Å². The van der Waals surface area contributed by atoms with E-state index in [4.69, 9.17) is 9.47 Å². The molecule has 5 rings (SSSR count). The molecule has 1 aliphatic rings. The maximum absolute atomic E-state index is 13.4. The van der Waals surface area contributed by atoms with E-state index in [2.05, 4.69) is 21.6 Å². The van der Waals surface area contributed by atoms with Crippen molar-refractivity contribution in [1.29, 1.82) is 0 Å². The molecule has 0 unspecified atom stereocenters. The summed E-state index contributed by atoms with van der Waals surface area (Å²) < 4.78 is 13.3. The first kappa shape index (κ1) is 22.0. The summed E-state index contributed by atoms with van der Waals surface area (Å²) >= 11 is 4.73. The number of carbonyl (C=O) groups excluding carboxylic acids is 1. The highest BCUT2D eigenvalue weighted by Gasteiger charge is 2.22. The van der Waals surface area contributed by atoms with Gasteiger partial charge in [-0.2, -0.15) is 0 Å². The number of rotatable bonds is 8. The van der Waals surface area contributed by atoms with Gasteiger partial charge in [-0.3, -0.25) is 4.79 Å². The van der Waals surface area contributed by atoms with Gasteiger partial charge in [0.2, 0.25) is 5.91 Å². The Balaban J connectivity index is 1.32. The normalized spacial score (nSPS) is 12.6. The highest BCUT2D eigenvalue weighted by molar-refractivity contribution is 7.99. The summed E-state index contributed by atoms with van der Waals surface area (Å²) in [4.78, 5) is 17.5. The van der Waals surface area contributed by atoms with Gasteiger partial charge < -0.3 is 18.9 Å². The van der Waals surface area contributed by atoms with Gasteiger partial charge in [0.1, 0.15) is 19.0 Å². The third-order valence-corrected chi connectivity index (χ3v) is 7.94. The molecular weight excluding hydrogens is 476 g/mol. The Kier molecular flexibility index (Phi) is 6.65. The number of anilines is 1. The van der Waals surface area contributed by atoms with E-state index in [0.29, 0.717) is 31.3 Å². The Morgan fingerprint density at radius 1 is 1.06 bits per heavy atom. The monoisotopic (exact) mass is 498 g/mol. The van der Waals surface area contributed by atoms with E-state index in [-0.39, 0.29) is 11.7 Å². The Bertz CT molecular complexity index is 1220. The summed E-state index contributed by atoms with van der Waals surface area (Å²) in [5, 5.41) is 13.4. The first-order valence-corrected chi connectivity index (χ1v) is 13.2. The molecule has 4 aromatic rings. The molecule has 0 spiro atoms. The number of aromatic nitrogens is 3. The number of ether oxygens (including phenoxy) is 2. The van der Waals surface area contributed by atoms with Crippen LogP contribution in [0.1, 0.15) is 15.6 Å². The zero-order valence-electron chi connectivity index (χ0n) is 18.0. The van der Waals surface area contributed by atoms with Crippen molar-refractivity contribution in [3.8, 4) is 11.5 Å². The third-order valence-electron chi connectivity index (χ3n) is 5.19. The maximum atomic E-state index is 13.4. The van der Waals surface area contributed by atoms with Crippen LogP contribution in [0.4, 0.5) is 5.69 Å². The van der Waals surface area contributed by atoms with Gasteiger partial charge in [-0.15, -0.1) is 32.9 Å². The van der Waals surface area contributed by atoms with Crippen LogP contribution in [0.5, 0.6) is 11.5 Å². The lowest BCUT2D eigenvalue weighted by Crippen LogP contribution is -2.32. The lowest BCUT2D eigenvalue weighted by Gasteiger charge is -2.25. The molecule has 0 radical (unpaired) electrons. The van der Waals surface area contributed by atoms with Crippen LogP contribution in [-0.2, 0) is 24.8 Å². The van der Waals surface area contributed by atoms with Crippen molar-refractivity contribution in [3.05, 3.63) is 68.8 Å². The Morgan fingerprint density at radius 3 is 2.58 bits per heavy atom. The van der Waals surface area contributed by atoms with Crippen LogP contribution in [0.15, 0.2) is 58.4 Å². The molecule has 0 N–H and O–H groups in total. The molecule has 4 heterocycles. The zero-order valence-corrected chi connectivity index (χ0v) is 20.4. The first-order chi connectivity index (χ1) is 16.2. The average Bonchev–Trinajstić information content (AvgIpc) is 3.60. The molecule has 1 aliphatic heterocycles. The molecule has 0 saturated heterocycles. The van der Waals surface area contributed by atoms with E-state index < -0.39 is 0 Å². The van der Waals surface area contributed by atoms with E-state index in [1.165, 1.54) is 16.6 Å². The fourth-order valence-corrected chi connectivity index (χ4v) is 5.68. The molecule has 1 amide bonds. The van der Waals surface area contributed by atoms with Gasteiger partial charge in [0.05, 0.1) is 12.3 Å². The van der Waals surface area contributed by atoms with Crippen LogP contribution in [0, 0.1) is 0 Å². The number of benzene rings is 1. The van der Waals surface area contributed by atoms with Gasteiger partial charge in [0.15, 0.2) is 16.7 Å². The minimum Gasteiger partial charge on any atom is -0.486 e. The minimum atomic E-state index is -0.00659. The Labute approximate surface area is 204 Å². The summed E-state index contributed by atoms with van der Waals surface area (Å²) in [6.07, 6.45) is 0.734. The predicted molar refractivity (Wildman–Crippen MR) is 132 cm³/mol. The van der Waals surface area contributed by atoms with Gasteiger partial charge >= 0.3 is 0 Å². The lowest BCUT2D eigenvalue weighted by molar-refractivity contribution is -0.116. The smallest absolute Gasteiger partial charge is 0.237 e. The summed E-state index contributed by atoms with van der Waals surface area (Å²) in [5.41, 5.74) is 0.787. The second-order valence-corrected chi connectivity index (χ2v) is 10.4. The van der Waals surface area contributed by atoms with Crippen LogP contribution >= 0.6 is 34.4 Å². The number of nitrogens with zero attached hydrogens (tertiary/aromatic N) is 4. The number of thiophene rings is 2. The van der Waals surface area contributed by atoms with Crippen molar-refractivity contribution in [2.24, 2.45) is 7.05 Å². The Morgan fingerprint density at radius 2 is 1.82 bits per heavy atom. The molecule has 7 nitrogen and oxygen atoms in total. The van der Waals surface area contributed by atoms with Crippen molar-refractivity contribution in [2.75, 3.05) is 23.9 Å². The zero-order chi connectivity index (χ0) is 22.6. The minimum absolute atomic E-state index is 0.00659. The molecule has 10 heteroatoms. The van der Waals surface area contributed by atoms with Crippen molar-refractivity contribution >= 4 is 46.0 Å². The molecule has 0 fully saturated rings. The quantitative estimate of drug-likeness (QED) is 0.330. The third kappa shape index (κ3) is 5.07. The van der Waals surface area contributed by atoms with Crippen molar-refractivity contribution in [3.63, 3.8) is 0 Å². The molecule has 0 aliphatic carbocycles. The van der Waals surface area contributed by atoms with E-state index in [1.807, 2.05) is 53.4 Å². The number of carbonyl (C=O) groups is 1. The number of thioether (sulfide) groups is 1. The molecule has 0 atom stereocenters. The molecule has 3 aromatic heterocycles. The highest BCUT2D eigenvalue weighted by atomic mass is 32.2. The summed E-state index contributed by atoms with van der Waals surface area (Å²) in [6.45, 7) is 1.54. The van der Waals surface area contributed by atoms with E-state index in [9.17, 15) is 4.79 Å². The summed E-state index contributed by atoms with van der Waals surface area (Å²) in [5.74, 6) is 2.51. The first-order valence-electron chi connectivity index (χ1n) is 10.4. The van der Waals surface area contributed by atoms with E-state index in [1.54, 1.807) is 27.6 Å².